The third-order valence-electron chi connectivity index (χ3n) is 3.88. The fourth-order valence-corrected chi connectivity index (χ4v) is 3.40. The predicted molar refractivity (Wildman–Crippen MR) is 90.1 cm³/mol. The van der Waals surface area contributed by atoms with Gasteiger partial charge in [-0.3, -0.25) is 14.5 Å². The first-order valence-corrected chi connectivity index (χ1v) is 8.65. The number of rotatable bonds is 5. The Bertz CT molecular complexity index is 806. The number of ether oxygens (including phenoxy) is 1. The van der Waals surface area contributed by atoms with Crippen molar-refractivity contribution >= 4 is 17.2 Å². The molecule has 4 heterocycles. The van der Waals surface area contributed by atoms with Crippen LogP contribution >= 0.6 is 11.3 Å². The number of hydrogen-bond acceptors (Lipinski definition) is 5. The standard InChI is InChI=1S/C17H16N4O2S/c22-17(19-8-12-3-5-24-11-12)16-7-13-6-15(10-21(13)20-16)23-14-2-1-4-18-9-14/h1-5,7,9,11,15H,6,8,10H2,(H,19,22)/t15-/m0/s1. The van der Waals surface area contributed by atoms with Crippen molar-refractivity contribution in [3.05, 3.63) is 64.4 Å². The van der Waals surface area contributed by atoms with E-state index in [1.54, 1.807) is 23.7 Å². The molecule has 0 aliphatic carbocycles. The quantitative estimate of drug-likeness (QED) is 0.774. The molecule has 1 aliphatic rings. The van der Waals surface area contributed by atoms with Crippen LogP contribution in [0.1, 0.15) is 21.7 Å². The lowest BCUT2D eigenvalue weighted by Gasteiger charge is -2.12. The number of pyridine rings is 1. The van der Waals surface area contributed by atoms with Crippen LogP contribution in [0.5, 0.6) is 5.75 Å². The molecule has 1 N–H and O–H groups in total. The van der Waals surface area contributed by atoms with Gasteiger partial charge < -0.3 is 10.1 Å². The second kappa shape index (κ2) is 6.45. The van der Waals surface area contributed by atoms with Crippen molar-refractivity contribution in [1.29, 1.82) is 0 Å². The van der Waals surface area contributed by atoms with E-state index >= 15 is 0 Å². The highest BCUT2D eigenvalue weighted by Gasteiger charge is 2.26. The minimum atomic E-state index is -0.146. The Morgan fingerprint density at radius 1 is 1.46 bits per heavy atom. The summed E-state index contributed by atoms with van der Waals surface area (Å²) in [6, 6.07) is 7.57. The first-order chi connectivity index (χ1) is 11.8. The van der Waals surface area contributed by atoms with Gasteiger partial charge in [0.2, 0.25) is 0 Å². The molecule has 0 saturated carbocycles. The van der Waals surface area contributed by atoms with Crippen LogP contribution in [0, 0.1) is 0 Å². The molecule has 1 aliphatic heterocycles. The number of nitrogens with zero attached hydrogens (tertiary/aromatic N) is 3. The number of carbonyl (C=O) groups excluding carboxylic acids is 1. The van der Waals surface area contributed by atoms with E-state index in [4.69, 9.17) is 4.74 Å². The van der Waals surface area contributed by atoms with Gasteiger partial charge in [-0.05, 0) is 40.6 Å². The Hall–Kier alpha value is -2.67. The van der Waals surface area contributed by atoms with Crippen LogP contribution < -0.4 is 10.1 Å². The predicted octanol–water partition coefficient (Wildman–Crippen LogP) is 2.27. The number of carbonyl (C=O) groups is 1. The molecule has 0 aromatic carbocycles. The number of thiophene rings is 1. The highest BCUT2D eigenvalue weighted by molar-refractivity contribution is 7.07. The van der Waals surface area contributed by atoms with Crippen LogP contribution in [-0.4, -0.2) is 26.8 Å². The van der Waals surface area contributed by atoms with E-state index in [-0.39, 0.29) is 12.0 Å². The van der Waals surface area contributed by atoms with Crippen LogP contribution in [0.3, 0.4) is 0 Å². The molecule has 0 spiro atoms. The normalized spacial score (nSPS) is 15.9. The molecular weight excluding hydrogens is 324 g/mol. The lowest BCUT2D eigenvalue weighted by Crippen LogP contribution is -2.24. The van der Waals surface area contributed by atoms with Gasteiger partial charge in [0.05, 0.1) is 12.7 Å². The van der Waals surface area contributed by atoms with Crippen LogP contribution in [0.2, 0.25) is 0 Å². The Morgan fingerprint density at radius 2 is 2.42 bits per heavy atom. The van der Waals surface area contributed by atoms with Gasteiger partial charge in [-0.15, -0.1) is 0 Å². The molecule has 6 nitrogen and oxygen atoms in total. The van der Waals surface area contributed by atoms with Crippen molar-refractivity contribution in [1.82, 2.24) is 20.1 Å². The first-order valence-electron chi connectivity index (χ1n) is 7.70. The van der Waals surface area contributed by atoms with Gasteiger partial charge >= 0.3 is 0 Å². The summed E-state index contributed by atoms with van der Waals surface area (Å²) in [5, 5.41) is 11.3. The number of fused-ring (bicyclic) bond motifs is 1. The van der Waals surface area contributed by atoms with Crippen LogP contribution in [0.25, 0.3) is 0 Å². The molecule has 24 heavy (non-hydrogen) atoms. The van der Waals surface area contributed by atoms with Gasteiger partial charge in [0, 0.05) is 24.9 Å². The van der Waals surface area contributed by atoms with Crippen molar-refractivity contribution in [3.8, 4) is 5.75 Å². The van der Waals surface area contributed by atoms with E-state index in [9.17, 15) is 4.79 Å². The first kappa shape index (κ1) is 14.9. The van der Waals surface area contributed by atoms with Gasteiger partial charge in [0.15, 0.2) is 0 Å². The Kier molecular flexibility index (Phi) is 4.00. The summed E-state index contributed by atoms with van der Waals surface area (Å²) in [6.45, 7) is 1.17. The summed E-state index contributed by atoms with van der Waals surface area (Å²) in [7, 11) is 0. The second-order valence-electron chi connectivity index (χ2n) is 5.65. The topological polar surface area (TPSA) is 69.0 Å². The van der Waals surface area contributed by atoms with Crippen molar-refractivity contribution in [2.24, 2.45) is 0 Å². The Morgan fingerprint density at radius 3 is 3.17 bits per heavy atom. The summed E-state index contributed by atoms with van der Waals surface area (Å²) in [6.07, 6.45) is 4.18. The number of amides is 1. The van der Waals surface area contributed by atoms with Crippen molar-refractivity contribution in [2.75, 3.05) is 0 Å². The number of aromatic nitrogens is 3. The molecule has 3 aromatic heterocycles. The number of nitrogens with one attached hydrogen (secondary N) is 1. The lowest BCUT2D eigenvalue weighted by atomic mass is 10.2. The summed E-state index contributed by atoms with van der Waals surface area (Å²) >= 11 is 1.62. The molecule has 1 atom stereocenters. The molecule has 4 rings (SSSR count). The van der Waals surface area contributed by atoms with Crippen LogP contribution in [0.4, 0.5) is 0 Å². The Balaban J connectivity index is 1.36. The summed E-state index contributed by atoms with van der Waals surface area (Å²) < 4.78 is 7.74. The van der Waals surface area contributed by atoms with Gasteiger partial charge in [0.1, 0.15) is 17.5 Å². The molecule has 0 saturated heterocycles. The van der Waals surface area contributed by atoms with Crippen molar-refractivity contribution in [2.45, 2.75) is 25.6 Å². The fraction of sp³-hybridized carbons (Fsp3) is 0.235. The Labute approximate surface area is 143 Å². The van der Waals surface area contributed by atoms with Gasteiger partial charge in [0.25, 0.3) is 5.91 Å². The van der Waals surface area contributed by atoms with Crippen molar-refractivity contribution in [3.63, 3.8) is 0 Å². The van der Waals surface area contributed by atoms with E-state index in [1.165, 1.54) is 0 Å². The molecular formula is C17H16N4O2S. The van der Waals surface area contributed by atoms with E-state index in [0.29, 0.717) is 18.8 Å². The highest BCUT2D eigenvalue weighted by atomic mass is 32.1. The molecule has 122 valence electrons. The minimum Gasteiger partial charge on any atom is -0.486 e. The summed E-state index contributed by atoms with van der Waals surface area (Å²) in [5.41, 5.74) is 2.58. The third-order valence-corrected chi connectivity index (χ3v) is 4.61. The van der Waals surface area contributed by atoms with Gasteiger partial charge in [-0.1, -0.05) is 0 Å². The minimum absolute atomic E-state index is 0.0274. The zero-order valence-electron chi connectivity index (χ0n) is 12.9. The average Bonchev–Trinajstić information content (AvgIpc) is 3.29. The fourth-order valence-electron chi connectivity index (χ4n) is 2.73. The molecule has 0 radical (unpaired) electrons. The van der Waals surface area contributed by atoms with Crippen LogP contribution in [0.15, 0.2) is 47.4 Å². The maximum Gasteiger partial charge on any atom is 0.272 e. The summed E-state index contributed by atoms with van der Waals surface area (Å²) in [4.78, 5) is 16.2. The molecule has 0 fully saturated rings. The molecule has 0 bridgehead atoms. The molecule has 3 aromatic rings. The number of hydrogen-bond donors (Lipinski definition) is 1. The van der Waals surface area contributed by atoms with E-state index in [2.05, 4.69) is 15.4 Å². The molecule has 0 unspecified atom stereocenters. The molecule has 7 heteroatoms. The monoisotopic (exact) mass is 340 g/mol. The largest absolute Gasteiger partial charge is 0.486 e. The van der Waals surface area contributed by atoms with E-state index < -0.39 is 0 Å². The zero-order valence-corrected chi connectivity index (χ0v) is 13.7. The lowest BCUT2D eigenvalue weighted by molar-refractivity contribution is 0.0944. The maximum atomic E-state index is 12.2. The van der Waals surface area contributed by atoms with Gasteiger partial charge in [-0.2, -0.15) is 16.4 Å². The van der Waals surface area contributed by atoms with Crippen LogP contribution in [-0.2, 0) is 19.5 Å². The van der Waals surface area contributed by atoms with Crippen molar-refractivity contribution < 1.29 is 9.53 Å². The zero-order chi connectivity index (χ0) is 16.4. The second-order valence-corrected chi connectivity index (χ2v) is 6.43. The highest BCUT2D eigenvalue weighted by Crippen LogP contribution is 2.21. The van der Waals surface area contributed by atoms with E-state index in [0.717, 1.165) is 23.4 Å². The smallest absolute Gasteiger partial charge is 0.272 e. The maximum absolute atomic E-state index is 12.2. The SMILES string of the molecule is O=C(NCc1ccsc1)c1cc2n(n1)C[C@@H](Oc1cccnc1)C2. The van der Waals surface area contributed by atoms with Gasteiger partial charge in [-0.25, -0.2) is 0 Å². The third kappa shape index (κ3) is 3.16. The average molecular weight is 340 g/mol. The van der Waals surface area contributed by atoms with E-state index in [1.807, 2.05) is 39.7 Å². The molecule has 1 amide bonds. The summed E-state index contributed by atoms with van der Waals surface area (Å²) in [5.74, 6) is 0.606.